The fourth-order valence-corrected chi connectivity index (χ4v) is 2.66. The average Bonchev–Trinajstić information content (AvgIpc) is 2.28. The zero-order chi connectivity index (χ0) is 13.5. The summed E-state index contributed by atoms with van der Waals surface area (Å²) in [6, 6.07) is 5.02. The quantitative estimate of drug-likeness (QED) is 0.801. The lowest BCUT2D eigenvalue weighted by Crippen LogP contribution is -2.33. The van der Waals surface area contributed by atoms with Crippen molar-refractivity contribution in [2.24, 2.45) is 0 Å². The van der Waals surface area contributed by atoms with Crippen molar-refractivity contribution in [1.29, 1.82) is 0 Å². The molecule has 1 aromatic carbocycles. The van der Waals surface area contributed by atoms with E-state index in [1.807, 2.05) is 0 Å². The van der Waals surface area contributed by atoms with Crippen LogP contribution in [0.2, 0.25) is 0 Å². The first-order valence-corrected chi connectivity index (χ1v) is 6.87. The largest absolute Gasteiger partial charge is 0.383 e. The summed E-state index contributed by atoms with van der Waals surface area (Å²) < 4.78 is 5.26. The van der Waals surface area contributed by atoms with Gasteiger partial charge in [-0.05, 0) is 56.8 Å². The van der Waals surface area contributed by atoms with E-state index in [-0.39, 0.29) is 0 Å². The van der Waals surface area contributed by atoms with E-state index in [2.05, 4.69) is 45.1 Å². The Hall–Kier alpha value is -0.860. The molecule has 1 atom stereocenters. The molecule has 0 amide bonds. The highest BCUT2D eigenvalue weighted by molar-refractivity contribution is 5.37. The Morgan fingerprint density at radius 3 is 2.28 bits per heavy atom. The zero-order valence-corrected chi connectivity index (χ0v) is 12.5. The van der Waals surface area contributed by atoms with Crippen LogP contribution < -0.4 is 5.32 Å². The number of aryl methyl sites for hydroxylation is 3. The van der Waals surface area contributed by atoms with Gasteiger partial charge in [-0.1, -0.05) is 24.6 Å². The van der Waals surface area contributed by atoms with Gasteiger partial charge in [0.05, 0.1) is 6.61 Å². The molecule has 1 rings (SSSR count). The molecule has 0 aliphatic rings. The first-order chi connectivity index (χ1) is 8.58. The summed E-state index contributed by atoms with van der Waals surface area (Å²) in [6.45, 7) is 10.5. The lowest BCUT2D eigenvalue weighted by atomic mass is 9.95. The molecule has 0 aliphatic heterocycles. The Balaban J connectivity index is 2.66. The lowest BCUT2D eigenvalue weighted by molar-refractivity contribution is 0.163. The summed E-state index contributed by atoms with van der Waals surface area (Å²) in [6.07, 6.45) is 2.26. The van der Waals surface area contributed by atoms with Crippen LogP contribution in [0.15, 0.2) is 12.1 Å². The molecular formula is C16H27NO. The number of ether oxygens (including phenoxy) is 1. The normalized spacial score (nSPS) is 12.7. The standard InChI is InChI=1S/C16H27NO/c1-6-17-15(11-18-5)7-8-16-13(3)9-12(2)10-14(16)4/h9-10,15,17H,6-8,11H2,1-5H3. The van der Waals surface area contributed by atoms with Gasteiger partial charge in [-0.3, -0.25) is 0 Å². The summed E-state index contributed by atoms with van der Waals surface area (Å²) in [5, 5.41) is 3.48. The molecule has 1 aromatic rings. The number of rotatable bonds is 7. The lowest BCUT2D eigenvalue weighted by Gasteiger charge is -2.18. The van der Waals surface area contributed by atoms with E-state index in [1.165, 1.54) is 22.3 Å². The molecule has 18 heavy (non-hydrogen) atoms. The molecule has 0 bridgehead atoms. The second kappa shape index (κ2) is 7.55. The SMILES string of the molecule is CCNC(CCc1c(C)cc(C)cc1C)COC. The third-order valence-electron chi connectivity index (χ3n) is 3.44. The molecule has 0 aromatic heterocycles. The Labute approximate surface area is 112 Å². The van der Waals surface area contributed by atoms with Gasteiger partial charge in [0.15, 0.2) is 0 Å². The molecular weight excluding hydrogens is 222 g/mol. The van der Waals surface area contributed by atoms with Crippen molar-refractivity contribution >= 4 is 0 Å². The highest BCUT2D eigenvalue weighted by Gasteiger charge is 2.10. The Kier molecular flexibility index (Phi) is 6.37. The number of methoxy groups -OCH3 is 1. The number of likely N-dealkylation sites (N-methyl/N-ethyl adjacent to an activating group) is 1. The smallest absolute Gasteiger partial charge is 0.0615 e. The Morgan fingerprint density at radius 2 is 1.78 bits per heavy atom. The predicted molar refractivity (Wildman–Crippen MR) is 78.3 cm³/mol. The monoisotopic (exact) mass is 249 g/mol. The number of benzene rings is 1. The van der Waals surface area contributed by atoms with Gasteiger partial charge in [0, 0.05) is 13.2 Å². The number of nitrogens with one attached hydrogen (secondary N) is 1. The number of hydrogen-bond acceptors (Lipinski definition) is 2. The van der Waals surface area contributed by atoms with Crippen molar-refractivity contribution in [2.75, 3.05) is 20.3 Å². The van der Waals surface area contributed by atoms with Crippen LogP contribution in [0.3, 0.4) is 0 Å². The van der Waals surface area contributed by atoms with Crippen LogP contribution in [0.25, 0.3) is 0 Å². The van der Waals surface area contributed by atoms with E-state index in [0.717, 1.165) is 26.0 Å². The van der Waals surface area contributed by atoms with Crippen LogP contribution in [0.4, 0.5) is 0 Å². The highest BCUT2D eigenvalue weighted by atomic mass is 16.5. The molecule has 0 radical (unpaired) electrons. The van der Waals surface area contributed by atoms with Gasteiger partial charge in [-0.2, -0.15) is 0 Å². The highest BCUT2D eigenvalue weighted by Crippen LogP contribution is 2.18. The first-order valence-electron chi connectivity index (χ1n) is 6.87. The van der Waals surface area contributed by atoms with Crippen LogP contribution in [0.5, 0.6) is 0 Å². The van der Waals surface area contributed by atoms with E-state index in [9.17, 15) is 0 Å². The van der Waals surface area contributed by atoms with Gasteiger partial charge < -0.3 is 10.1 Å². The fraction of sp³-hybridized carbons (Fsp3) is 0.625. The van der Waals surface area contributed by atoms with Gasteiger partial charge in [0.1, 0.15) is 0 Å². The molecule has 0 fully saturated rings. The summed E-state index contributed by atoms with van der Waals surface area (Å²) >= 11 is 0. The molecule has 0 spiro atoms. The van der Waals surface area contributed by atoms with Gasteiger partial charge in [-0.25, -0.2) is 0 Å². The van der Waals surface area contributed by atoms with E-state index >= 15 is 0 Å². The van der Waals surface area contributed by atoms with E-state index < -0.39 is 0 Å². The minimum absolute atomic E-state index is 0.458. The molecule has 0 saturated heterocycles. The van der Waals surface area contributed by atoms with Gasteiger partial charge >= 0.3 is 0 Å². The maximum absolute atomic E-state index is 5.26. The third-order valence-corrected chi connectivity index (χ3v) is 3.44. The molecule has 0 aliphatic carbocycles. The first kappa shape index (κ1) is 15.2. The van der Waals surface area contributed by atoms with Crippen LogP contribution in [0.1, 0.15) is 35.6 Å². The van der Waals surface area contributed by atoms with E-state index in [4.69, 9.17) is 4.74 Å². The van der Waals surface area contributed by atoms with E-state index in [1.54, 1.807) is 7.11 Å². The second-order valence-corrected chi connectivity index (χ2v) is 5.13. The Morgan fingerprint density at radius 1 is 1.17 bits per heavy atom. The minimum Gasteiger partial charge on any atom is -0.383 e. The van der Waals surface area contributed by atoms with Crippen molar-refractivity contribution in [3.8, 4) is 0 Å². The van der Waals surface area contributed by atoms with Crippen LogP contribution in [0, 0.1) is 20.8 Å². The minimum atomic E-state index is 0.458. The summed E-state index contributed by atoms with van der Waals surface area (Å²) in [7, 11) is 1.77. The topological polar surface area (TPSA) is 21.3 Å². The maximum atomic E-state index is 5.26. The summed E-state index contributed by atoms with van der Waals surface area (Å²) in [5.41, 5.74) is 5.69. The van der Waals surface area contributed by atoms with Crippen molar-refractivity contribution < 1.29 is 4.74 Å². The molecule has 2 nitrogen and oxygen atoms in total. The number of hydrogen-bond donors (Lipinski definition) is 1. The Bertz CT molecular complexity index is 344. The molecule has 2 heteroatoms. The molecule has 102 valence electrons. The van der Waals surface area contributed by atoms with Gasteiger partial charge in [0.25, 0.3) is 0 Å². The van der Waals surface area contributed by atoms with E-state index in [0.29, 0.717) is 6.04 Å². The van der Waals surface area contributed by atoms with Crippen LogP contribution in [-0.2, 0) is 11.2 Å². The van der Waals surface area contributed by atoms with Crippen LogP contribution >= 0.6 is 0 Å². The van der Waals surface area contributed by atoms with Crippen LogP contribution in [-0.4, -0.2) is 26.3 Å². The summed E-state index contributed by atoms with van der Waals surface area (Å²) in [5.74, 6) is 0. The fourth-order valence-electron chi connectivity index (χ4n) is 2.66. The third kappa shape index (κ3) is 4.43. The molecule has 1 N–H and O–H groups in total. The summed E-state index contributed by atoms with van der Waals surface area (Å²) in [4.78, 5) is 0. The molecule has 0 heterocycles. The van der Waals surface area contributed by atoms with Crippen molar-refractivity contribution in [3.05, 3.63) is 34.4 Å². The maximum Gasteiger partial charge on any atom is 0.0615 e. The van der Waals surface area contributed by atoms with Crippen molar-refractivity contribution in [2.45, 2.75) is 46.6 Å². The van der Waals surface area contributed by atoms with Crippen molar-refractivity contribution in [1.82, 2.24) is 5.32 Å². The van der Waals surface area contributed by atoms with Crippen molar-refractivity contribution in [3.63, 3.8) is 0 Å². The van der Waals surface area contributed by atoms with Gasteiger partial charge in [0.2, 0.25) is 0 Å². The average molecular weight is 249 g/mol. The molecule has 1 unspecified atom stereocenters. The molecule has 0 saturated carbocycles. The predicted octanol–water partition coefficient (Wildman–Crippen LogP) is 3.17. The van der Waals surface area contributed by atoms with Gasteiger partial charge in [-0.15, -0.1) is 0 Å². The second-order valence-electron chi connectivity index (χ2n) is 5.13. The zero-order valence-electron chi connectivity index (χ0n) is 12.5.